The number of alkyl halides is 2. The molecule has 4 rings (SSSR count). The highest BCUT2D eigenvalue weighted by molar-refractivity contribution is 5.96. The second-order valence-corrected chi connectivity index (χ2v) is 9.71. The molecule has 0 spiro atoms. The van der Waals surface area contributed by atoms with Crippen LogP contribution >= 0.6 is 0 Å². The molecule has 0 atom stereocenters. The first-order chi connectivity index (χ1) is 16.9. The van der Waals surface area contributed by atoms with Crippen molar-refractivity contribution in [1.82, 2.24) is 34.8 Å². The van der Waals surface area contributed by atoms with Gasteiger partial charge in [-0.2, -0.15) is 4.52 Å². The smallest absolute Gasteiger partial charge is 0.271 e. The molecule has 192 valence electrons. The van der Waals surface area contributed by atoms with Crippen LogP contribution in [0.5, 0.6) is 5.88 Å². The number of anilines is 2. The minimum atomic E-state index is -2.69. The van der Waals surface area contributed by atoms with E-state index in [1.165, 1.54) is 16.8 Å². The van der Waals surface area contributed by atoms with Crippen LogP contribution in [0.15, 0.2) is 23.3 Å². The van der Waals surface area contributed by atoms with E-state index in [9.17, 15) is 28.3 Å². The van der Waals surface area contributed by atoms with Gasteiger partial charge in [0.25, 0.3) is 23.8 Å². The standard InChI is InChI=1S/C22H26F2N8O4/c1-22(2,3)10-31-16-6-14(29-15-9-25-12(7-26-15)18(33)27-8-13(23)24)30-32(16)21(36)17(20(31)35)19(34)28-11-4-5-11/h6-7,9,11,13,36H,4-5,8,10H2,1-3H3,(H,27,33)(H,28,34)(H,26,29,30). The molecule has 0 bridgehead atoms. The summed E-state index contributed by atoms with van der Waals surface area (Å²) in [6.45, 7) is 5.22. The third-order valence-electron chi connectivity index (χ3n) is 5.18. The van der Waals surface area contributed by atoms with E-state index in [1.54, 1.807) is 0 Å². The summed E-state index contributed by atoms with van der Waals surface area (Å²) in [5, 5.41) is 22.7. The highest BCUT2D eigenvalue weighted by Crippen LogP contribution is 2.25. The zero-order chi connectivity index (χ0) is 26.2. The lowest BCUT2D eigenvalue weighted by atomic mass is 9.97. The van der Waals surface area contributed by atoms with Gasteiger partial charge in [0.2, 0.25) is 5.88 Å². The van der Waals surface area contributed by atoms with Crippen LogP contribution in [0.25, 0.3) is 5.65 Å². The van der Waals surface area contributed by atoms with E-state index in [0.717, 1.165) is 23.6 Å². The van der Waals surface area contributed by atoms with Gasteiger partial charge in [-0.25, -0.2) is 18.7 Å². The van der Waals surface area contributed by atoms with E-state index in [0.29, 0.717) is 0 Å². The lowest BCUT2D eigenvalue weighted by Crippen LogP contribution is -2.37. The van der Waals surface area contributed by atoms with Crippen molar-refractivity contribution in [2.75, 3.05) is 11.9 Å². The Bertz CT molecular complexity index is 1360. The summed E-state index contributed by atoms with van der Waals surface area (Å²) in [5.74, 6) is -1.71. The van der Waals surface area contributed by atoms with Crippen LogP contribution in [0.3, 0.4) is 0 Å². The molecule has 36 heavy (non-hydrogen) atoms. The molecule has 0 aliphatic heterocycles. The molecule has 3 aromatic heterocycles. The highest BCUT2D eigenvalue weighted by atomic mass is 19.3. The van der Waals surface area contributed by atoms with Crippen molar-refractivity contribution in [2.45, 2.75) is 52.6 Å². The monoisotopic (exact) mass is 504 g/mol. The normalized spacial score (nSPS) is 13.7. The average Bonchev–Trinajstić information content (AvgIpc) is 3.51. The van der Waals surface area contributed by atoms with Gasteiger partial charge in [-0.15, -0.1) is 5.10 Å². The number of amides is 2. The van der Waals surface area contributed by atoms with Gasteiger partial charge >= 0.3 is 0 Å². The van der Waals surface area contributed by atoms with Crippen molar-refractivity contribution in [1.29, 1.82) is 0 Å². The fourth-order valence-electron chi connectivity index (χ4n) is 3.43. The molecular weight excluding hydrogens is 478 g/mol. The van der Waals surface area contributed by atoms with E-state index in [-0.39, 0.29) is 41.0 Å². The molecule has 1 aliphatic carbocycles. The molecule has 1 saturated carbocycles. The Labute approximate surface area is 203 Å². The van der Waals surface area contributed by atoms with Crippen LogP contribution in [0.1, 0.15) is 54.5 Å². The van der Waals surface area contributed by atoms with Crippen molar-refractivity contribution < 1.29 is 23.5 Å². The van der Waals surface area contributed by atoms with Crippen LogP contribution in [0.2, 0.25) is 0 Å². The minimum absolute atomic E-state index is 0.0167. The van der Waals surface area contributed by atoms with Crippen LogP contribution in [-0.2, 0) is 6.54 Å². The Morgan fingerprint density at radius 3 is 2.47 bits per heavy atom. The Balaban J connectivity index is 1.66. The highest BCUT2D eigenvalue weighted by Gasteiger charge is 2.30. The first kappa shape index (κ1) is 25.0. The molecule has 3 aromatic rings. The Kier molecular flexibility index (Phi) is 6.61. The Morgan fingerprint density at radius 1 is 1.17 bits per heavy atom. The molecule has 1 aliphatic rings. The SMILES string of the molecule is CC(C)(C)Cn1c(=O)c(C(=O)NC2CC2)c(O)n2nc(Nc3cnc(C(=O)NCC(F)F)cn3)cc12. The summed E-state index contributed by atoms with van der Waals surface area (Å²) in [4.78, 5) is 45.8. The maximum Gasteiger partial charge on any atom is 0.271 e. The number of hydrogen-bond acceptors (Lipinski definition) is 8. The van der Waals surface area contributed by atoms with Crippen LogP contribution in [0.4, 0.5) is 20.4 Å². The minimum Gasteiger partial charge on any atom is -0.492 e. The van der Waals surface area contributed by atoms with Crippen molar-refractivity contribution in [2.24, 2.45) is 5.41 Å². The summed E-state index contributed by atoms with van der Waals surface area (Å²) < 4.78 is 27.0. The van der Waals surface area contributed by atoms with Gasteiger partial charge in [0.05, 0.1) is 18.9 Å². The second kappa shape index (κ2) is 9.51. The number of carbonyl (C=O) groups excluding carboxylic acids is 2. The summed E-state index contributed by atoms with van der Waals surface area (Å²) in [6, 6.07) is 1.48. The number of halogens is 2. The number of nitrogens with one attached hydrogen (secondary N) is 3. The molecule has 0 unspecified atom stereocenters. The molecule has 0 radical (unpaired) electrons. The van der Waals surface area contributed by atoms with Gasteiger partial charge in [-0.1, -0.05) is 20.8 Å². The molecule has 4 N–H and O–H groups in total. The van der Waals surface area contributed by atoms with E-state index >= 15 is 0 Å². The largest absolute Gasteiger partial charge is 0.492 e. The number of hydrogen-bond donors (Lipinski definition) is 4. The van der Waals surface area contributed by atoms with Crippen LogP contribution in [0, 0.1) is 5.41 Å². The first-order valence-electron chi connectivity index (χ1n) is 11.2. The fourth-order valence-corrected chi connectivity index (χ4v) is 3.43. The maximum absolute atomic E-state index is 13.3. The number of aromatic nitrogens is 5. The van der Waals surface area contributed by atoms with Gasteiger partial charge in [-0.05, 0) is 18.3 Å². The van der Waals surface area contributed by atoms with Crippen molar-refractivity contribution >= 4 is 29.1 Å². The first-order valence-corrected chi connectivity index (χ1v) is 11.2. The second-order valence-electron chi connectivity index (χ2n) is 9.71. The van der Waals surface area contributed by atoms with E-state index in [1.807, 2.05) is 26.1 Å². The molecule has 1 fully saturated rings. The average molecular weight is 504 g/mol. The summed E-state index contributed by atoms with van der Waals surface area (Å²) >= 11 is 0. The molecule has 3 heterocycles. The van der Waals surface area contributed by atoms with Gasteiger partial charge in [-0.3, -0.25) is 19.0 Å². The van der Waals surface area contributed by atoms with E-state index < -0.39 is 41.8 Å². The fraction of sp³-hybridized carbons (Fsp3) is 0.455. The van der Waals surface area contributed by atoms with Crippen LogP contribution in [-0.4, -0.2) is 60.1 Å². The predicted octanol–water partition coefficient (Wildman–Crippen LogP) is 1.67. The summed E-state index contributed by atoms with van der Waals surface area (Å²) in [7, 11) is 0. The lowest BCUT2D eigenvalue weighted by Gasteiger charge is -2.21. The topological polar surface area (TPSA) is 156 Å². The number of rotatable bonds is 8. The molecular formula is C22H26F2N8O4. The number of nitrogens with zero attached hydrogens (tertiary/aromatic N) is 5. The molecule has 0 saturated heterocycles. The Hall–Kier alpha value is -4.10. The van der Waals surface area contributed by atoms with Crippen LogP contribution < -0.4 is 21.5 Å². The Morgan fingerprint density at radius 2 is 1.89 bits per heavy atom. The summed E-state index contributed by atoms with van der Waals surface area (Å²) in [6.07, 6.45) is 1.25. The predicted molar refractivity (Wildman–Crippen MR) is 125 cm³/mol. The molecule has 2 amide bonds. The third kappa shape index (κ3) is 5.58. The van der Waals surface area contributed by atoms with Crippen molar-refractivity contribution in [3.8, 4) is 5.88 Å². The van der Waals surface area contributed by atoms with Gasteiger partial charge in [0.15, 0.2) is 11.4 Å². The number of aromatic hydroxyl groups is 1. The number of carbonyl (C=O) groups is 2. The zero-order valence-corrected chi connectivity index (χ0v) is 19.9. The lowest BCUT2D eigenvalue weighted by molar-refractivity contribution is 0.0886. The zero-order valence-electron chi connectivity index (χ0n) is 19.9. The van der Waals surface area contributed by atoms with E-state index in [4.69, 9.17) is 0 Å². The van der Waals surface area contributed by atoms with Gasteiger partial charge in [0, 0.05) is 18.7 Å². The molecule has 12 nitrogen and oxygen atoms in total. The molecule has 14 heteroatoms. The maximum atomic E-state index is 13.3. The van der Waals surface area contributed by atoms with Crippen molar-refractivity contribution in [3.63, 3.8) is 0 Å². The van der Waals surface area contributed by atoms with Crippen molar-refractivity contribution in [3.05, 3.63) is 40.1 Å². The third-order valence-corrected chi connectivity index (χ3v) is 5.18. The van der Waals surface area contributed by atoms with E-state index in [2.05, 4.69) is 25.7 Å². The summed E-state index contributed by atoms with van der Waals surface area (Å²) in [5.41, 5.74) is -1.28. The quantitative estimate of drug-likeness (QED) is 0.361. The van der Waals surface area contributed by atoms with Gasteiger partial charge < -0.3 is 21.1 Å². The number of fused-ring (bicyclic) bond motifs is 1. The van der Waals surface area contributed by atoms with Gasteiger partial charge in [0.1, 0.15) is 17.2 Å². The molecule has 0 aromatic carbocycles.